The number of phenols is 3. The summed E-state index contributed by atoms with van der Waals surface area (Å²) in [5.74, 6) is -2.85. The van der Waals surface area contributed by atoms with Gasteiger partial charge in [0.25, 0.3) is 0 Å². The number of benzene rings is 2. The summed E-state index contributed by atoms with van der Waals surface area (Å²) in [6, 6.07) is 6.31. The van der Waals surface area contributed by atoms with Gasteiger partial charge in [-0.15, -0.1) is 0 Å². The number of ketones is 1. The van der Waals surface area contributed by atoms with Gasteiger partial charge in [0, 0.05) is 11.6 Å². The minimum Gasteiger partial charge on any atom is -0.508 e. The Kier molecular flexibility index (Phi) is 5.71. The van der Waals surface area contributed by atoms with Gasteiger partial charge in [0.05, 0.1) is 25.7 Å². The van der Waals surface area contributed by atoms with E-state index < -0.39 is 23.4 Å². The molecule has 0 spiro atoms. The second kappa shape index (κ2) is 7.77. The molecular formula is C19H20O7. The Hall–Kier alpha value is -3.22. The molecule has 0 aliphatic heterocycles. The third-order valence-electron chi connectivity index (χ3n) is 4.07. The highest BCUT2D eigenvalue weighted by molar-refractivity contribution is 6.12. The maximum absolute atomic E-state index is 12.9. The van der Waals surface area contributed by atoms with Gasteiger partial charge >= 0.3 is 5.97 Å². The number of rotatable bonds is 6. The second-order valence-corrected chi connectivity index (χ2v) is 5.63. The fourth-order valence-electron chi connectivity index (χ4n) is 2.79. The zero-order valence-corrected chi connectivity index (χ0v) is 14.6. The van der Waals surface area contributed by atoms with Gasteiger partial charge in [-0.1, -0.05) is 6.92 Å². The lowest BCUT2D eigenvalue weighted by atomic mass is 9.87. The molecule has 7 heteroatoms. The van der Waals surface area contributed by atoms with E-state index in [1.807, 2.05) is 0 Å². The molecule has 0 radical (unpaired) electrons. The van der Waals surface area contributed by atoms with Crippen molar-refractivity contribution in [3.8, 4) is 23.0 Å². The minimum atomic E-state index is -0.844. The maximum Gasteiger partial charge on any atom is 0.313 e. The largest absolute Gasteiger partial charge is 0.508 e. The maximum atomic E-state index is 12.9. The highest BCUT2D eigenvalue weighted by Crippen LogP contribution is 2.36. The first-order valence-corrected chi connectivity index (χ1v) is 7.89. The molecule has 0 aliphatic carbocycles. The van der Waals surface area contributed by atoms with E-state index in [2.05, 4.69) is 0 Å². The van der Waals surface area contributed by atoms with Crippen molar-refractivity contribution in [2.75, 3.05) is 14.2 Å². The quantitative estimate of drug-likeness (QED) is 0.536. The Morgan fingerprint density at radius 3 is 2.27 bits per heavy atom. The number of carbonyl (C=O) groups excluding carboxylic acids is 2. The van der Waals surface area contributed by atoms with Crippen LogP contribution in [0, 0.1) is 0 Å². The van der Waals surface area contributed by atoms with E-state index in [1.165, 1.54) is 38.5 Å². The Balaban J connectivity index is 2.63. The normalized spacial score (nSPS) is 11.7. The number of esters is 1. The van der Waals surface area contributed by atoms with Crippen molar-refractivity contribution in [1.29, 1.82) is 0 Å². The van der Waals surface area contributed by atoms with Crippen LogP contribution in [0.3, 0.4) is 0 Å². The van der Waals surface area contributed by atoms with Gasteiger partial charge in [-0.05, 0) is 36.2 Å². The predicted molar refractivity (Wildman–Crippen MR) is 92.9 cm³/mol. The molecular weight excluding hydrogens is 340 g/mol. The van der Waals surface area contributed by atoms with Gasteiger partial charge < -0.3 is 24.8 Å². The summed E-state index contributed by atoms with van der Waals surface area (Å²) >= 11 is 0. The van der Waals surface area contributed by atoms with E-state index in [4.69, 9.17) is 9.47 Å². The molecule has 0 fully saturated rings. The molecule has 0 saturated carbocycles. The van der Waals surface area contributed by atoms with Gasteiger partial charge in [-0.25, -0.2) is 0 Å². The van der Waals surface area contributed by atoms with Gasteiger partial charge in [-0.2, -0.15) is 0 Å². The molecule has 1 unspecified atom stereocenters. The number of methoxy groups -OCH3 is 2. The number of carbonyl (C=O) groups is 2. The first-order chi connectivity index (χ1) is 12.3. The summed E-state index contributed by atoms with van der Waals surface area (Å²) in [6.45, 7) is 1.72. The summed E-state index contributed by atoms with van der Waals surface area (Å²) in [5.41, 5.74) is 0.104. The SMILES string of the molecule is CCC(C(=O)OC)c1cc(O)cc(O)c1C(=O)c1ccc(OC)c(O)c1. The van der Waals surface area contributed by atoms with Gasteiger partial charge in [-0.3, -0.25) is 9.59 Å². The van der Waals surface area contributed by atoms with Crippen LogP contribution in [0.1, 0.15) is 40.7 Å². The molecule has 3 N–H and O–H groups in total. The van der Waals surface area contributed by atoms with Crippen LogP contribution >= 0.6 is 0 Å². The average Bonchev–Trinajstić information content (AvgIpc) is 2.61. The third kappa shape index (κ3) is 3.56. The highest BCUT2D eigenvalue weighted by Gasteiger charge is 2.29. The molecule has 7 nitrogen and oxygen atoms in total. The first kappa shape index (κ1) is 19.1. The highest BCUT2D eigenvalue weighted by atomic mass is 16.5. The molecule has 26 heavy (non-hydrogen) atoms. The number of hydrogen-bond donors (Lipinski definition) is 3. The zero-order chi connectivity index (χ0) is 19.4. The van der Waals surface area contributed by atoms with E-state index in [0.29, 0.717) is 6.42 Å². The standard InChI is InChI=1S/C19H20O7/c1-4-12(19(24)26-3)13-8-11(20)9-15(22)17(13)18(23)10-5-6-16(25-2)14(21)7-10/h5-9,12,20-22H,4H2,1-3H3. The van der Waals surface area contributed by atoms with Gasteiger partial charge in [0.1, 0.15) is 11.5 Å². The summed E-state index contributed by atoms with van der Waals surface area (Å²) in [7, 11) is 2.60. The molecule has 0 aliphatic rings. The number of ether oxygens (including phenoxy) is 2. The van der Waals surface area contributed by atoms with Crippen molar-refractivity contribution in [1.82, 2.24) is 0 Å². The van der Waals surface area contributed by atoms with Crippen LogP contribution < -0.4 is 4.74 Å². The van der Waals surface area contributed by atoms with E-state index in [1.54, 1.807) is 6.92 Å². The van der Waals surface area contributed by atoms with Crippen LogP contribution in [0.25, 0.3) is 0 Å². The van der Waals surface area contributed by atoms with E-state index >= 15 is 0 Å². The molecule has 0 bridgehead atoms. The van der Waals surface area contributed by atoms with Crippen LogP contribution in [0.4, 0.5) is 0 Å². The van der Waals surface area contributed by atoms with Crippen molar-refractivity contribution in [3.05, 3.63) is 47.0 Å². The van der Waals surface area contributed by atoms with Crippen molar-refractivity contribution < 1.29 is 34.4 Å². The molecule has 0 aromatic heterocycles. The van der Waals surface area contributed by atoms with Crippen molar-refractivity contribution in [2.45, 2.75) is 19.3 Å². The van der Waals surface area contributed by atoms with Crippen molar-refractivity contribution in [2.24, 2.45) is 0 Å². The molecule has 2 rings (SSSR count). The summed E-state index contributed by atoms with van der Waals surface area (Å²) in [6.07, 6.45) is 0.295. The zero-order valence-electron chi connectivity index (χ0n) is 14.6. The molecule has 2 aromatic rings. The first-order valence-electron chi connectivity index (χ1n) is 7.89. The Morgan fingerprint density at radius 1 is 1.04 bits per heavy atom. The lowest BCUT2D eigenvalue weighted by Crippen LogP contribution is -2.17. The molecule has 0 saturated heterocycles. The third-order valence-corrected chi connectivity index (χ3v) is 4.07. The minimum absolute atomic E-state index is 0.0882. The fourth-order valence-corrected chi connectivity index (χ4v) is 2.79. The van der Waals surface area contributed by atoms with E-state index in [0.717, 1.165) is 6.07 Å². The number of aromatic hydroxyl groups is 3. The fraction of sp³-hybridized carbons (Fsp3) is 0.263. The molecule has 0 heterocycles. The van der Waals surface area contributed by atoms with Crippen LogP contribution in [-0.4, -0.2) is 41.3 Å². The molecule has 2 aromatic carbocycles. The smallest absolute Gasteiger partial charge is 0.313 e. The topological polar surface area (TPSA) is 113 Å². The summed E-state index contributed by atoms with van der Waals surface area (Å²) < 4.78 is 9.70. The van der Waals surface area contributed by atoms with Crippen LogP contribution in [0.15, 0.2) is 30.3 Å². The number of phenolic OH excluding ortho intramolecular Hbond substituents is 3. The van der Waals surface area contributed by atoms with Crippen LogP contribution in [0.5, 0.6) is 23.0 Å². The Bertz CT molecular complexity index is 842. The molecule has 1 atom stereocenters. The summed E-state index contributed by atoms with van der Waals surface area (Å²) in [4.78, 5) is 25.0. The average molecular weight is 360 g/mol. The summed E-state index contributed by atoms with van der Waals surface area (Å²) in [5, 5.41) is 30.0. The number of hydrogen-bond acceptors (Lipinski definition) is 7. The Morgan fingerprint density at radius 2 is 1.73 bits per heavy atom. The van der Waals surface area contributed by atoms with Crippen molar-refractivity contribution in [3.63, 3.8) is 0 Å². The Labute approximate surface area is 150 Å². The predicted octanol–water partition coefficient (Wildman–Crippen LogP) is 2.71. The molecule has 0 amide bonds. The van der Waals surface area contributed by atoms with E-state index in [-0.39, 0.29) is 33.9 Å². The van der Waals surface area contributed by atoms with Crippen LogP contribution in [0.2, 0.25) is 0 Å². The molecule has 138 valence electrons. The lowest BCUT2D eigenvalue weighted by Gasteiger charge is -2.18. The monoisotopic (exact) mass is 360 g/mol. The van der Waals surface area contributed by atoms with Crippen molar-refractivity contribution >= 4 is 11.8 Å². The lowest BCUT2D eigenvalue weighted by molar-refractivity contribution is -0.142. The van der Waals surface area contributed by atoms with Gasteiger partial charge in [0.15, 0.2) is 17.3 Å². The second-order valence-electron chi connectivity index (χ2n) is 5.63. The van der Waals surface area contributed by atoms with Crippen LogP contribution in [-0.2, 0) is 9.53 Å². The van der Waals surface area contributed by atoms with Gasteiger partial charge in [0.2, 0.25) is 0 Å². The van der Waals surface area contributed by atoms with E-state index in [9.17, 15) is 24.9 Å².